The highest BCUT2D eigenvalue weighted by Crippen LogP contribution is 2.35. The number of thiophene rings is 1. The lowest BCUT2D eigenvalue weighted by Crippen LogP contribution is -2.53. The third-order valence-corrected chi connectivity index (χ3v) is 7.56. The molecule has 5 rings (SSSR count). The average molecular weight is 465 g/mol. The summed E-state index contributed by atoms with van der Waals surface area (Å²) in [5.41, 5.74) is 4.35. The number of halogens is 1. The summed E-state index contributed by atoms with van der Waals surface area (Å²) in [5.74, 6) is 0.101. The van der Waals surface area contributed by atoms with E-state index in [1.807, 2.05) is 47.0 Å². The molecule has 0 bridgehead atoms. The van der Waals surface area contributed by atoms with Crippen molar-refractivity contribution in [3.63, 3.8) is 0 Å². The zero-order valence-electron chi connectivity index (χ0n) is 18.4. The molecule has 3 heterocycles. The highest BCUT2D eigenvalue weighted by atomic mass is 35.5. The first-order valence-corrected chi connectivity index (χ1v) is 12.0. The number of hydrogen-bond donors (Lipinski definition) is 0. The zero-order chi connectivity index (χ0) is 22.4. The summed E-state index contributed by atoms with van der Waals surface area (Å²) in [6.07, 6.45) is 0. The monoisotopic (exact) mass is 464 g/mol. The Bertz CT molecular complexity index is 1280. The molecule has 5 nitrogen and oxygen atoms in total. The van der Waals surface area contributed by atoms with Crippen LogP contribution in [-0.4, -0.2) is 46.3 Å². The number of carbonyl (C=O) groups excluding carboxylic acids is 1. The quantitative estimate of drug-likeness (QED) is 0.395. The summed E-state index contributed by atoms with van der Waals surface area (Å²) in [6, 6.07) is 18.5. The van der Waals surface area contributed by atoms with Gasteiger partial charge >= 0.3 is 0 Å². The van der Waals surface area contributed by atoms with Gasteiger partial charge in [-0.1, -0.05) is 41.4 Å². The van der Waals surface area contributed by atoms with Gasteiger partial charge in [-0.05, 0) is 44.2 Å². The smallest absolute Gasteiger partial charge is 0.264 e. The second-order valence-corrected chi connectivity index (χ2v) is 9.90. The summed E-state index contributed by atoms with van der Waals surface area (Å²) >= 11 is 7.56. The molecule has 2 aromatic heterocycles. The minimum absolute atomic E-state index is 0.101. The van der Waals surface area contributed by atoms with Crippen molar-refractivity contribution < 1.29 is 4.79 Å². The second-order valence-electron chi connectivity index (χ2n) is 8.44. The molecule has 164 valence electrons. The summed E-state index contributed by atoms with van der Waals surface area (Å²) in [7, 11) is 1.93. The summed E-state index contributed by atoms with van der Waals surface area (Å²) in [6.45, 7) is 6.55. The van der Waals surface area contributed by atoms with E-state index in [1.54, 1.807) is 0 Å². The maximum atomic E-state index is 13.4. The van der Waals surface area contributed by atoms with Crippen LogP contribution in [0.3, 0.4) is 0 Å². The number of amides is 1. The third-order valence-electron chi connectivity index (χ3n) is 6.12. The molecule has 0 spiro atoms. The van der Waals surface area contributed by atoms with Gasteiger partial charge in [-0.25, -0.2) is 0 Å². The molecule has 0 N–H and O–H groups in total. The normalized spacial score (nSPS) is 16.7. The minimum atomic E-state index is 0.101. The molecule has 32 heavy (non-hydrogen) atoms. The molecular formula is C25H25ClN4OS. The highest BCUT2D eigenvalue weighted by molar-refractivity contribution is 7.20. The molecule has 1 amide bonds. The molecule has 1 aliphatic rings. The molecule has 2 aromatic carbocycles. The number of fused-ring (bicyclic) bond motifs is 1. The van der Waals surface area contributed by atoms with Gasteiger partial charge in [0.1, 0.15) is 10.5 Å². The van der Waals surface area contributed by atoms with Crippen LogP contribution in [0.5, 0.6) is 0 Å². The van der Waals surface area contributed by atoms with Crippen LogP contribution in [-0.2, 0) is 7.05 Å². The molecule has 0 saturated carbocycles. The number of rotatable bonds is 3. The van der Waals surface area contributed by atoms with Crippen LogP contribution in [0.4, 0.5) is 5.69 Å². The fourth-order valence-electron chi connectivity index (χ4n) is 4.38. The van der Waals surface area contributed by atoms with Crippen LogP contribution >= 0.6 is 22.9 Å². The number of nitrogens with zero attached hydrogens (tertiary/aromatic N) is 4. The largest absolute Gasteiger partial charge is 0.365 e. The van der Waals surface area contributed by atoms with Crippen molar-refractivity contribution in [2.75, 3.05) is 24.5 Å². The minimum Gasteiger partial charge on any atom is -0.365 e. The molecule has 1 atom stereocenters. The van der Waals surface area contributed by atoms with Crippen molar-refractivity contribution in [3.05, 3.63) is 70.1 Å². The van der Waals surface area contributed by atoms with Crippen LogP contribution < -0.4 is 4.90 Å². The van der Waals surface area contributed by atoms with Crippen molar-refractivity contribution in [3.8, 4) is 11.3 Å². The van der Waals surface area contributed by atoms with Crippen molar-refractivity contribution >= 4 is 44.7 Å². The number of benzene rings is 2. The van der Waals surface area contributed by atoms with Gasteiger partial charge in [-0.15, -0.1) is 11.3 Å². The van der Waals surface area contributed by atoms with E-state index in [0.29, 0.717) is 18.1 Å². The number of anilines is 1. The van der Waals surface area contributed by atoms with Gasteiger partial charge in [0.2, 0.25) is 0 Å². The number of piperazine rings is 1. The van der Waals surface area contributed by atoms with Crippen LogP contribution in [0, 0.1) is 6.92 Å². The Hall–Kier alpha value is -2.83. The average Bonchev–Trinajstić information content (AvgIpc) is 3.35. The number of aryl methyl sites for hydroxylation is 2. The predicted octanol–water partition coefficient (Wildman–Crippen LogP) is 5.61. The van der Waals surface area contributed by atoms with E-state index in [9.17, 15) is 4.79 Å². The molecule has 1 saturated heterocycles. The SMILES string of the molecule is Cc1ccc(N2CCN(C(=O)c3cc4c(-c5ccc(Cl)cc5)nn(C)c4s3)C[C@H]2C)cc1. The summed E-state index contributed by atoms with van der Waals surface area (Å²) < 4.78 is 1.86. The van der Waals surface area contributed by atoms with Gasteiger partial charge in [0, 0.05) is 54.4 Å². The molecule has 1 fully saturated rings. The van der Waals surface area contributed by atoms with Crippen LogP contribution in [0.1, 0.15) is 22.2 Å². The van der Waals surface area contributed by atoms with E-state index in [0.717, 1.165) is 32.9 Å². The molecular weight excluding hydrogens is 440 g/mol. The Labute approximate surface area is 196 Å². The van der Waals surface area contributed by atoms with E-state index in [2.05, 4.69) is 48.1 Å². The van der Waals surface area contributed by atoms with Gasteiger partial charge in [0.05, 0.1) is 4.88 Å². The molecule has 1 aliphatic heterocycles. The Balaban J connectivity index is 1.38. The maximum Gasteiger partial charge on any atom is 0.264 e. The Morgan fingerprint density at radius 3 is 2.50 bits per heavy atom. The fraction of sp³-hybridized carbons (Fsp3) is 0.280. The molecule has 7 heteroatoms. The second kappa shape index (κ2) is 8.26. The summed E-state index contributed by atoms with van der Waals surface area (Å²) in [5, 5.41) is 6.38. The molecule has 0 unspecified atom stereocenters. The van der Waals surface area contributed by atoms with E-state index in [4.69, 9.17) is 11.6 Å². The number of hydrogen-bond acceptors (Lipinski definition) is 4. The maximum absolute atomic E-state index is 13.4. The molecule has 0 radical (unpaired) electrons. The van der Waals surface area contributed by atoms with Gasteiger partial charge in [-0.3, -0.25) is 9.48 Å². The van der Waals surface area contributed by atoms with E-state index < -0.39 is 0 Å². The molecule has 0 aliphatic carbocycles. The first-order valence-electron chi connectivity index (χ1n) is 10.8. The van der Waals surface area contributed by atoms with Crippen LogP contribution in [0.15, 0.2) is 54.6 Å². The lowest BCUT2D eigenvalue weighted by molar-refractivity contribution is 0.0731. The van der Waals surface area contributed by atoms with E-state index >= 15 is 0 Å². The van der Waals surface area contributed by atoms with Gasteiger partial charge in [-0.2, -0.15) is 5.10 Å². The number of aromatic nitrogens is 2. The topological polar surface area (TPSA) is 41.4 Å². The van der Waals surface area contributed by atoms with Crippen molar-refractivity contribution in [1.82, 2.24) is 14.7 Å². The lowest BCUT2D eigenvalue weighted by Gasteiger charge is -2.41. The Kier molecular flexibility index (Phi) is 5.43. The van der Waals surface area contributed by atoms with Crippen LogP contribution in [0.25, 0.3) is 21.5 Å². The zero-order valence-corrected chi connectivity index (χ0v) is 20.0. The number of carbonyl (C=O) groups is 1. The van der Waals surface area contributed by atoms with Gasteiger partial charge in [0.25, 0.3) is 5.91 Å². The van der Waals surface area contributed by atoms with Crippen molar-refractivity contribution in [1.29, 1.82) is 0 Å². The lowest BCUT2D eigenvalue weighted by atomic mass is 10.1. The van der Waals surface area contributed by atoms with Gasteiger partial charge < -0.3 is 9.80 Å². The van der Waals surface area contributed by atoms with E-state index in [-0.39, 0.29) is 11.9 Å². The Morgan fingerprint density at radius 1 is 1.09 bits per heavy atom. The van der Waals surface area contributed by atoms with Crippen molar-refractivity contribution in [2.24, 2.45) is 7.05 Å². The fourth-order valence-corrected chi connectivity index (χ4v) is 5.55. The van der Waals surface area contributed by atoms with E-state index in [1.165, 1.54) is 22.6 Å². The summed E-state index contributed by atoms with van der Waals surface area (Å²) in [4.78, 5) is 19.5. The van der Waals surface area contributed by atoms with Gasteiger partial charge in [0.15, 0.2) is 0 Å². The standard InChI is InChI=1S/C25H25ClN4OS/c1-16-4-10-20(11-5-16)30-13-12-29(15-17(30)2)24(31)22-14-21-23(27-28(3)25(21)32-22)18-6-8-19(26)9-7-18/h4-11,14,17H,12-13,15H2,1-3H3/t17-/m1/s1. The van der Waals surface area contributed by atoms with Crippen LogP contribution in [0.2, 0.25) is 5.02 Å². The van der Waals surface area contributed by atoms with Crippen molar-refractivity contribution in [2.45, 2.75) is 19.9 Å². The third kappa shape index (κ3) is 3.78. The highest BCUT2D eigenvalue weighted by Gasteiger charge is 2.29. The predicted molar refractivity (Wildman–Crippen MR) is 133 cm³/mol. The first kappa shape index (κ1) is 21.0. The Morgan fingerprint density at radius 2 is 1.81 bits per heavy atom. The molecule has 4 aromatic rings. The first-order chi connectivity index (χ1) is 15.4.